The molecule has 0 atom stereocenters. The minimum atomic E-state index is -4.67. The number of aliphatic hydroxyl groups excluding tert-OH is 1. The first-order valence-corrected chi connectivity index (χ1v) is 2.76. The summed E-state index contributed by atoms with van der Waals surface area (Å²) in [7, 11) is -4.67. The maximum Gasteiger partial charge on any atom is 0.394 e. The van der Waals surface area contributed by atoms with Crippen LogP contribution in [0.4, 0.5) is 0 Å². The first-order chi connectivity index (χ1) is 3.41. The molecule has 0 radical (unpaired) electrons. The third kappa shape index (κ3) is 535. The van der Waals surface area contributed by atoms with Gasteiger partial charge >= 0.3 is 10.4 Å². The molecule has 0 aliphatic rings. The Labute approximate surface area is 53.0 Å². The maximum absolute atomic E-state index is 8.74. The summed E-state index contributed by atoms with van der Waals surface area (Å²) in [4.78, 5) is 0. The zero-order valence-electron chi connectivity index (χ0n) is 4.56. The Morgan fingerprint density at radius 1 is 1.33 bits per heavy atom. The quantitative estimate of drug-likeness (QED) is 0.295. The molecule has 6 nitrogen and oxygen atoms in total. The monoisotopic (exact) mass is 159 g/mol. The highest BCUT2D eigenvalue weighted by Gasteiger charge is 1.84. The Kier molecular flexibility index (Phi) is 12.9. The van der Waals surface area contributed by atoms with Crippen molar-refractivity contribution in [3.8, 4) is 0 Å². The van der Waals surface area contributed by atoms with Gasteiger partial charge < -0.3 is 11.3 Å². The molecule has 0 aliphatic carbocycles. The molecule has 0 saturated carbocycles. The van der Waals surface area contributed by atoms with Gasteiger partial charge in [-0.2, -0.15) is 8.42 Å². The van der Waals surface area contributed by atoms with Crippen LogP contribution in [0.5, 0.6) is 0 Å². The van der Waals surface area contributed by atoms with Crippen molar-refractivity contribution in [3.05, 3.63) is 12.8 Å². The SMILES string of the molecule is C=CO.N.O=S(=O)(O)O. The molecule has 6 N–H and O–H groups in total. The van der Waals surface area contributed by atoms with E-state index in [4.69, 9.17) is 22.6 Å². The Bertz CT molecular complexity index is 129. The summed E-state index contributed by atoms with van der Waals surface area (Å²) >= 11 is 0. The lowest BCUT2D eigenvalue weighted by Gasteiger charge is -1.68. The molecule has 7 heteroatoms. The zero-order valence-corrected chi connectivity index (χ0v) is 5.37. The minimum Gasteiger partial charge on any atom is -0.516 e. The second-order valence-corrected chi connectivity index (χ2v) is 1.53. The number of aliphatic hydroxyl groups is 1. The topological polar surface area (TPSA) is 130 Å². The van der Waals surface area contributed by atoms with Crippen LogP contribution in [0.2, 0.25) is 0 Å². The van der Waals surface area contributed by atoms with Crippen LogP contribution in [-0.4, -0.2) is 22.6 Å². The molecule has 0 bridgehead atoms. The molecule has 0 aromatic rings. The third-order valence-corrected chi connectivity index (χ3v) is 0. The molecular formula is C2H9NO5S. The largest absolute Gasteiger partial charge is 0.516 e. The van der Waals surface area contributed by atoms with E-state index in [9.17, 15) is 0 Å². The van der Waals surface area contributed by atoms with E-state index in [1.165, 1.54) is 0 Å². The van der Waals surface area contributed by atoms with Gasteiger partial charge in [0, 0.05) is 0 Å². The molecule has 0 fully saturated rings. The van der Waals surface area contributed by atoms with Gasteiger partial charge in [-0.1, -0.05) is 6.58 Å². The van der Waals surface area contributed by atoms with E-state index in [-0.39, 0.29) is 6.15 Å². The number of hydrogen-bond donors (Lipinski definition) is 4. The Morgan fingerprint density at radius 2 is 1.33 bits per heavy atom. The molecule has 9 heavy (non-hydrogen) atoms. The maximum atomic E-state index is 8.74. The van der Waals surface area contributed by atoms with Gasteiger partial charge in [-0.05, 0) is 0 Å². The Balaban J connectivity index is -0.0000000800. The van der Waals surface area contributed by atoms with Gasteiger partial charge in [-0.15, -0.1) is 0 Å². The van der Waals surface area contributed by atoms with Crippen molar-refractivity contribution >= 4 is 10.4 Å². The predicted molar refractivity (Wildman–Crippen MR) is 32.0 cm³/mol. The van der Waals surface area contributed by atoms with Crippen molar-refractivity contribution < 1.29 is 22.6 Å². The van der Waals surface area contributed by atoms with E-state index in [0.717, 1.165) is 6.26 Å². The lowest BCUT2D eigenvalue weighted by atomic mass is 11.2. The van der Waals surface area contributed by atoms with Crippen molar-refractivity contribution in [3.63, 3.8) is 0 Å². The van der Waals surface area contributed by atoms with E-state index in [1.807, 2.05) is 0 Å². The lowest BCUT2D eigenvalue weighted by molar-refractivity contribution is 0.381. The van der Waals surface area contributed by atoms with Crippen LogP contribution in [0.1, 0.15) is 0 Å². The van der Waals surface area contributed by atoms with Crippen LogP contribution < -0.4 is 6.15 Å². The van der Waals surface area contributed by atoms with Gasteiger partial charge in [0.1, 0.15) is 0 Å². The van der Waals surface area contributed by atoms with Crippen molar-refractivity contribution in [2.45, 2.75) is 0 Å². The van der Waals surface area contributed by atoms with Crippen molar-refractivity contribution in [2.24, 2.45) is 0 Å². The summed E-state index contributed by atoms with van der Waals surface area (Å²) in [5.41, 5.74) is 0. The van der Waals surface area contributed by atoms with Gasteiger partial charge in [0.05, 0.1) is 6.26 Å². The molecule has 0 aromatic carbocycles. The summed E-state index contributed by atoms with van der Waals surface area (Å²) in [5.74, 6) is 0. The van der Waals surface area contributed by atoms with E-state index in [0.29, 0.717) is 0 Å². The molecule has 58 valence electrons. The highest BCUT2D eigenvalue weighted by Crippen LogP contribution is 1.59. The van der Waals surface area contributed by atoms with E-state index in [2.05, 4.69) is 6.58 Å². The minimum absolute atomic E-state index is 0. The highest BCUT2D eigenvalue weighted by atomic mass is 32.3. The molecule has 0 heterocycles. The summed E-state index contributed by atoms with van der Waals surface area (Å²) in [6.07, 6.45) is 0.750. The summed E-state index contributed by atoms with van der Waals surface area (Å²) in [6.45, 7) is 2.92. The van der Waals surface area contributed by atoms with Gasteiger partial charge in [-0.3, -0.25) is 9.11 Å². The van der Waals surface area contributed by atoms with Gasteiger partial charge in [0.25, 0.3) is 0 Å². The van der Waals surface area contributed by atoms with Crippen molar-refractivity contribution in [2.75, 3.05) is 0 Å². The van der Waals surface area contributed by atoms with Crippen molar-refractivity contribution in [1.29, 1.82) is 0 Å². The molecule has 0 amide bonds. The van der Waals surface area contributed by atoms with Crippen LogP contribution in [0.25, 0.3) is 0 Å². The second-order valence-electron chi connectivity index (χ2n) is 0.630. The highest BCUT2D eigenvalue weighted by molar-refractivity contribution is 7.79. The van der Waals surface area contributed by atoms with Gasteiger partial charge in [0.2, 0.25) is 0 Å². The van der Waals surface area contributed by atoms with Crippen molar-refractivity contribution in [1.82, 2.24) is 6.15 Å². The van der Waals surface area contributed by atoms with Crippen LogP contribution in [0, 0.1) is 0 Å². The molecule has 0 rings (SSSR count). The zero-order chi connectivity index (χ0) is 7.21. The van der Waals surface area contributed by atoms with Crippen LogP contribution in [0.3, 0.4) is 0 Å². The molecule has 0 saturated heterocycles. The molecule has 0 aliphatic heterocycles. The second kappa shape index (κ2) is 7.37. The van der Waals surface area contributed by atoms with Gasteiger partial charge in [0.15, 0.2) is 0 Å². The predicted octanol–water partition coefficient (Wildman–Crippen LogP) is 0.197. The Hall–Kier alpha value is -0.630. The smallest absolute Gasteiger partial charge is 0.394 e. The average molecular weight is 159 g/mol. The first-order valence-electron chi connectivity index (χ1n) is 1.36. The van der Waals surface area contributed by atoms with Gasteiger partial charge in [-0.25, -0.2) is 0 Å². The lowest BCUT2D eigenvalue weighted by Crippen LogP contribution is -1.89. The average Bonchev–Trinajstić information content (AvgIpc) is 1.27. The van der Waals surface area contributed by atoms with Crippen LogP contribution in [-0.2, 0) is 10.4 Å². The summed E-state index contributed by atoms with van der Waals surface area (Å²) < 4.78 is 31.6. The standard InChI is InChI=1S/C2H4O.H3N.H2O4S/c1-2-3;;1-5(2,3)4/h2-3H,1H2;1H3;(H2,1,2,3,4). The first kappa shape index (κ1) is 15.8. The fourth-order valence-electron chi connectivity index (χ4n) is 0. The van der Waals surface area contributed by atoms with E-state index in [1.54, 1.807) is 0 Å². The summed E-state index contributed by atoms with van der Waals surface area (Å²) in [6, 6.07) is 0. The molecule has 0 aromatic heterocycles. The Morgan fingerprint density at radius 3 is 1.33 bits per heavy atom. The third-order valence-electron chi connectivity index (χ3n) is 0. The molecular weight excluding hydrogens is 150 g/mol. The normalized spacial score (nSPS) is 7.78. The van der Waals surface area contributed by atoms with Crippen LogP contribution >= 0.6 is 0 Å². The van der Waals surface area contributed by atoms with E-state index >= 15 is 0 Å². The molecule has 0 unspecified atom stereocenters. The number of rotatable bonds is 0. The number of hydrogen-bond acceptors (Lipinski definition) is 4. The molecule has 0 spiro atoms. The summed E-state index contributed by atoms with van der Waals surface area (Å²) in [5, 5.41) is 7.33. The van der Waals surface area contributed by atoms with E-state index < -0.39 is 10.4 Å². The fraction of sp³-hybridized carbons (Fsp3) is 0. The van der Waals surface area contributed by atoms with Crippen LogP contribution in [0.15, 0.2) is 12.8 Å². The fourth-order valence-corrected chi connectivity index (χ4v) is 0.